The Balaban J connectivity index is 2.04. The molecule has 1 saturated heterocycles. The summed E-state index contributed by atoms with van der Waals surface area (Å²) in [5, 5.41) is 9.29. The Labute approximate surface area is 133 Å². The van der Waals surface area contributed by atoms with Crippen molar-refractivity contribution < 1.29 is 9.90 Å². The first-order valence-electron chi connectivity index (χ1n) is 8.44. The van der Waals surface area contributed by atoms with Crippen molar-refractivity contribution in [2.45, 2.75) is 33.1 Å². The lowest BCUT2D eigenvalue weighted by Gasteiger charge is -2.32. The molecule has 4 heteroatoms. The van der Waals surface area contributed by atoms with Crippen molar-refractivity contribution in [3.8, 4) is 0 Å². The number of aliphatic hydroxyl groups excluding tert-OH is 1. The average molecular weight is 304 g/mol. The SMILES string of the molecule is CCCN(CC)c1ccc(C(=O)N2CCCC(CO)C2)cc1. The maximum Gasteiger partial charge on any atom is 0.253 e. The number of benzene rings is 1. The van der Waals surface area contributed by atoms with Gasteiger partial charge in [0.15, 0.2) is 0 Å². The Bertz CT molecular complexity index is 472. The molecule has 1 N–H and O–H groups in total. The zero-order valence-corrected chi connectivity index (χ0v) is 13.8. The van der Waals surface area contributed by atoms with E-state index in [0.717, 1.165) is 44.5 Å². The number of aliphatic hydroxyl groups is 1. The molecule has 1 atom stereocenters. The number of carbonyl (C=O) groups is 1. The number of amides is 1. The van der Waals surface area contributed by atoms with Gasteiger partial charge in [-0.3, -0.25) is 4.79 Å². The zero-order valence-electron chi connectivity index (χ0n) is 13.8. The van der Waals surface area contributed by atoms with Gasteiger partial charge in [-0.05, 0) is 56.4 Å². The minimum absolute atomic E-state index is 0.0863. The first kappa shape index (κ1) is 16.8. The standard InChI is InChI=1S/C18H28N2O2/c1-3-11-19(4-2)17-9-7-16(8-10-17)18(22)20-12-5-6-15(13-20)14-21/h7-10,15,21H,3-6,11-14H2,1-2H3. The molecule has 1 aromatic carbocycles. The quantitative estimate of drug-likeness (QED) is 0.879. The molecule has 1 fully saturated rings. The van der Waals surface area contributed by atoms with Gasteiger partial charge in [0.2, 0.25) is 0 Å². The van der Waals surface area contributed by atoms with Crippen LogP contribution in [0.15, 0.2) is 24.3 Å². The van der Waals surface area contributed by atoms with Gasteiger partial charge >= 0.3 is 0 Å². The largest absolute Gasteiger partial charge is 0.396 e. The first-order valence-corrected chi connectivity index (χ1v) is 8.44. The molecule has 1 aromatic rings. The van der Waals surface area contributed by atoms with Gasteiger partial charge in [0.1, 0.15) is 0 Å². The van der Waals surface area contributed by atoms with E-state index >= 15 is 0 Å². The second-order valence-electron chi connectivity index (χ2n) is 6.07. The molecule has 0 saturated carbocycles. The van der Waals surface area contributed by atoms with E-state index in [0.29, 0.717) is 6.54 Å². The van der Waals surface area contributed by atoms with Gasteiger partial charge in [-0.25, -0.2) is 0 Å². The van der Waals surface area contributed by atoms with Gasteiger partial charge in [0, 0.05) is 44.0 Å². The first-order chi connectivity index (χ1) is 10.7. The summed E-state index contributed by atoms with van der Waals surface area (Å²) in [6, 6.07) is 7.94. The van der Waals surface area contributed by atoms with Crippen LogP contribution >= 0.6 is 0 Å². The number of rotatable bonds is 6. The van der Waals surface area contributed by atoms with Crippen LogP contribution in [-0.4, -0.2) is 48.7 Å². The summed E-state index contributed by atoms with van der Waals surface area (Å²) in [5.41, 5.74) is 1.92. The van der Waals surface area contributed by atoms with Crippen LogP contribution in [0.25, 0.3) is 0 Å². The molecule has 1 unspecified atom stereocenters. The third kappa shape index (κ3) is 4.01. The lowest BCUT2D eigenvalue weighted by atomic mass is 9.98. The molecule has 0 bridgehead atoms. The molecule has 0 aliphatic carbocycles. The lowest BCUT2D eigenvalue weighted by Crippen LogP contribution is -2.40. The van der Waals surface area contributed by atoms with Crippen LogP contribution in [-0.2, 0) is 0 Å². The summed E-state index contributed by atoms with van der Waals surface area (Å²) in [5.74, 6) is 0.320. The van der Waals surface area contributed by atoms with E-state index < -0.39 is 0 Å². The van der Waals surface area contributed by atoms with Crippen LogP contribution in [0.3, 0.4) is 0 Å². The molecular formula is C18H28N2O2. The Hall–Kier alpha value is -1.55. The fraction of sp³-hybridized carbons (Fsp3) is 0.611. The number of likely N-dealkylation sites (tertiary alicyclic amines) is 1. The molecule has 1 heterocycles. The minimum Gasteiger partial charge on any atom is -0.396 e. The Kier molecular flexibility index (Phi) is 6.25. The summed E-state index contributed by atoms with van der Waals surface area (Å²) in [4.78, 5) is 16.8. The number of piperidine rings is 1. The van der Waals surface area contributed by atoms with E-state index in [1.54, 1.807) is 0 Å². The number of hydrogen-bond donors (Lipinski definition) is 1. The van der Waals surface area contributed by atoms with Crippen LogP contribution in [0.5, 0.6) is 0 Å². The maximum atomic E-state index is 12.6. The number of hydrogen-bond acceptors (Lipinski definition) is 3. The molecule has 2 rings (SSSR count). The second kappa shape index (κ2) is 8.18. The van der Waals surface area contributed by atoms with Crippen molar-refractivity contribution in [2.24, 2.45) is 5.92 Å². The summed E-state index contributed by atoms with van der Waals surface area (Å²) in [7, 11) is 0. The highest BCUT2D eigenvalue weighted by Crippen LogP contribution is 2.20. The van der Waals surface area contributed by atoms with E-state index in [1.807, 2.05) is 29.2 Å². The van der Waals surface area contributed by atoms with E-state index in [1.165, 1.54) is 5.69 Å². The molecule has 0 aromatic heterocycles. The predicted molar refractivity (Wildman–Crippen MR) is 90.3 cm³/mol. The molecule has 122 valence electrons. The van der Waals surface area contributed by atoms with Crippen molar-refractivity contribution >= 4 is 11.6 Å². The van der Waals surface area contributed by atoms with Crippen LogP contribution < -0.4 is 4.90 Å². The zero-order chi connectivity index (χ0) is 15.9. The van der Waals surface area contributed by atoms with Gasteiger partial charge in [0.05, 0.1) is 0 Å². The monoisotopic (exact) mass is 304 g/mol. The van der Waals surface area contributed by atoms with Crippen LogP contribution in [0.4, 0.5) is 5.69 Å². The Morgan fingerprint density at radius 2 is 2.05 bits per heavy atom. The molecule has 0 radical (unpaired) electrons. The Morgan fingerprint density at radius 3 is 2.64 bits per heavy atom. The third-order valence-corrected chi connectivity index (χ3v) is 4.42. The van der Waals surface area contributed by atoms with Gasteiger partial charge in [-0.2, -0.15) is 0 Å². The average Bonchev–Trinajstić information content (AvgIpc) is 2.59. The van der Waals surface area contributed by atoms with Crippen molar-refractivity contribution in [1.82, 2.24) is 4.90 Å². The molecule has 1 aliphatic rings. The van der Waals surface area contributed by atoms with Crippen molar-refractivity contribution in [3.63, 3.8) is 0 Å². The lowest BCUT2D eigenvalue weighted by molar-refractivity contribution is 0.0621. The fourth-order valence-electron chi connectivity index (χ4n) is 3.14. The summed E-state index contributed by atoms with van der Waals surface area (Å²) in [6.07, 6.45) is 3.11. The normalized spacial score (nSPS) is 18.3. The molecular weight excluding hydrogens is 276 g/mol. The highest BCUT2D eigenvalue weighted by Gasteiger charge is 2.23. The smallest absolute Gasteiger partial charge is 0.253 e. The molecule has 1 aliphatic heterocycles. The minimum atomic E-state index is 0.0863. The Morgan fingerprint density at radius 1 is 1.32 bits per heavy atom. The summed E-state index contributed by atoms with van der Waals surface area (Å²) < 4.78 is 0. The van der Waals surface area contributed by atoms with Gasteiger partial charge in [-0.1, -0.05) is 6.92 Å². The highest BCUT2D eigenvalue weighted by atomic mass is 16.3. The van der Waals surface area contributed by atoms with E-state index in [-0.39, 0.29) is 18.4 Å². The molecule has 4 nitrogen and oxygen atoms in total. The van der Waals surface area contributed by atoms with Crippen LogP contribution in [0.1, 0.15) is 43.5 Å². The summed E-state index contributed by atoms with van der Waals surface area (Å²) in [6.45, 7) is 7.98. The van der Waals surface area contributed by atoms with Gasteiger partial charge in [0.25, 0.3) is 5.91 Å². The van der Waals surface area contributed by atoms with Gasteiger partial charge in [-0.15, -0.1) is 0 Å². The van der Waals surface area contributed by atoms with Crippen LogP contribution in [0.2, 0.25) is 0 Å². The number of carbonyl (C=O) groups excluding carboxylic acids is 1. The fourth-order valence-corrected chi connectivity index (χ4v) is 3.14. The molecule has 1 amide bonds. The van der Waals surface area contributed by atoms with Crippen molar-refractivity contribution in [2.75, 3.05) is 37.7 Å². The second-order valence-corrected chi connectivity index (χ2v) is 6.07. The molecule has 0 spiro atoms. The van der Waals surface area contributed by atoms with E-state index in [4.69, 9.17) is 0 Å². The van der Waals surface area contributed by atoms with Gasteiger partial charge < -0.3 is 14.9 Å². The van der Waals surface area contributed by atoms with Crippen LogP contribution in [0, 0.1) is 5.92 Å². The van der Waals surface area contributed by atoms with E-state index in [9.17, 15) is 9.90 Å². The number of nitrogens with zero attached hydrogens (tertiary/aromatic N) is 2. The third-order valence-electron chi connectivity index (χ3n) is 4.42. The topological polar surface area (TPSA) is 43.8 Å². The van der Waals surface area contributed by atoms with E-state index in [2.05, 4.69) is 18.7 Å². The molecule has 22 heavy (non-hydrogen) atoms. The predicted octanol–water partition coefficient (Wildman–Crippen LogP) is 2.77. The number of anilines is 1. The van der Waals surface area contributed by atoms with Crippen molar-refractivity contribution in [3.05, 3.63) is 29.8 Å². The van der Waals surface area contributed by atoms with Crippen molar-refractivity contribution in [1.29, 1.82) is 0 Å². The maximum absolute atomic E-state index is 12.6. The summed E-state index contributed by atoms with van der Waals surface area (Å²) >= 11 is 0. The highest BCUT2D eigenvalue weighted by molar-refractivity contribution is 5.94.